The van der Waals surface area contributed by atoms with Crippen molar-refractivity contribution in [1.29, 1.82) is 0 Å². The summed E-state index contributed by atoms with van der Waals surface area (Å²) in [7, 11) is 3.48. The molecule has 1 N–H and O–H groups in total. The van der Waals surface area contributed by atoms with E-state index in [2.05, 4.69) is 12.2 Å². The molecule has 0 spiro atoms. The Morgan fingerprint density at radius 3 is 2.42 bits per heavy atom. The van der Waals surface area contributed by atoms with Crippen LogP contribution in [0.25, 0.3) is 10.9 Å². The van der Waals surface area contributed by atoms with Gasteiger partial charge in [-0.05, 0) is 62.1 Å². The zero-order chi connectivity index (χ0) is 27.5. The molecule has 0 fully saturated rings. The highest BCUT2D eigenvalue weighted by molar-refractivity contribution is 6.05. The van der Waals surface area contributed by atoms with Crippen molar-refractivity contribution in [3.8, 4) is 5.75 Å². The number of unbranched alkanes of at least 4 members (excludes halogenated alkanes) is 4. The maximum absolute atomic E-state index is 13.4. The van der Waals surface area contributed by atoms with Gasteiger partial charge in [0.2, 0.25) is 11.8 Å². The number of rotatable bonds is 14. The number of amides is 2. The number of methoxy groups -OCH3 is 1. The molecule has 2 aromatic carbocycles. The first kappa shape index (κ1) is 29.0. The standard InChI is InChI=1S/C31H41N3O4/c1-5-6-20-33(3)30(36)16-12-7-8-13-19-32-29(35)22-26-23(2)34(31(37)24-14-10-9-11-15-24)28-18-17-25(38-4)21-27(26)28/h9-11,14-15,17-18,21H,5-8,12-13,16,19-20,22H2,1-4H3,(H,32,35). The molecular weight excluding hydrogens is 478 g/mol. The molecule has 0 unspecified atom stereocenters. The minimum Gasteiger partial charge on any atom is -0.497 e. The van der Waals surface area contributed by atoms with Gasteiger partial charge in [-0.25, -0.2) is 0 Å². The van der Waals surface area contributed by atoms with Crippen LogP contribution < -0.4 is 10.1 Å². The molecule has 204 valence electrons. The highest BCUT2D eigenvalue weighted by Gasteiger charge is 2.22. The molecule has 0 aliphatic heterocycles. The Balaban J connectivity index is 1.57. The Labute approximate surface area is 226 Å². The van der Waals surface area contributed by atoms with E-state index in [0.717, 1.165) is 67.2 Å². The summed E-state index contributed by atoms with van der Waals surface area (Å²) in [6, 6.07) is 14.7. The number of carbonyl (C=O) groups excluding carboxylic acids is 3. The molecule has 7 heteroatoms. The molecule has 0 aliphatic carbocycles. The molecule has 0 atom stereocenters. The third kappa shape index (κ3) is 7.46. The molecule has 0 radical (unpaired) electrons. The van der Waals surface area contributed by atoms with Crippen LogP contribution in [0.2, 0.25) is 0 Å². The Morgan fingerprint density at radius 1 is 0.974 bits per heavy atom. The van der Waals surface area contributed by atoms with E-state index in [1.807, 2.05) is 55.3 Å². The molecule has 1 aromatic heterocycles. The van der Waals surface area contributed by atoms with Gasteiger partial charge in [-0.1, -0.05) is 44.4 Å². The van der Waals surface area contributed by atoms with E-state index in [0.29, 0.717) is 24.3 Å². The predicted octanol–water partition coefficient (Wildman–Crippen LogP) is 5.51. The Bertz CT molecular complexity index is 1230. The van der Waals surface area contributed by atoms with Crippen LogP contribution in [0.3, 0.4) is 0 Å². The zero-order valence-electron chi connectivity index (χ0n) is 23.2. The van der Waals surface area contributed by atoms with Gasteiger partial charge in [0.25, 0.3) is 5.91 Å². The van der Waals surface area contributed by atoms with E-state index in [1.54, 1.807) is 23.8 Å². The predicted molar refractivity (Wildman–Crippen MR) is 152 cm³/mol. The van der Waals surface area contributed by atoms with E-state index in [4.69, 9.17) is 4.74 Å². The highest BCUT2D eigenvalue weighted by Crippen LogP contribution is 2.30. The van der Waals surface area contributed by atoms with Crippen LogP contribution in [0.4, 0.5) is 0 Å². The first-order chi connectivity index (χ1) is 18.4. The van der Waals surface area contributed by atoms with Crippen LogP contribution >= 0.6 is 0 Å². The second-order valence-corrected chi connectivity index (χ2v) is 9.81. The summed E-state index contributed by atoms with van der Waals surface area (Å²) in [5.74, 6) is 0.692. The van der Waals surface area contributed by atoms with E-state index >= 15 is 0 Å². The van der Waals surface area contributed by atoms with Crippen molar-refractivity contribution in [2.45, 2.75) is 65.2 Å². The van der Waals surface area contributed by atoms with Gasteiger partial charge in [-0.2, -0.15) is 0 Å². The molecule has 0 saturated carbocycles. The smallest absolute Gasteiger partial charge is 0.262 e. The molecule has 0 saturated heterocycles. The van der Waals surface area contributed by atoms with Crippen molar-refractivity contribution < 1.29 is 19.1 Å². The van der Waals surface area contributed by atoms with Gasteiger partial charge in [0, 0.05) is 43.2 Å². The van der Waals surface area contributed by atoms with Crippen LogP contribution in [0.5, 0.6) is 5.75 Å². The fourth-order valence-electron chi connectivity index (χ4n) is 4.70. The van der Waals surface area contributed by atoms with Gasteiger partial charge in [-0.3, -0.25) is 19.0 Å². The van der Waals surface area contributed by atoms with Gasteiger partial charge in [0.1, 0.15) is 5.75 Å². The molecule has 1 heterocycles. The van der Waals surface area contributed by atoms with Crippen LogP contribution in [-0.2, 0) is 16.0 Å². The third-order valence-electron chi connectivity index (χ3n) is 7.02. The van der Waals surface area contributed by atoms with Gasteiger partial charge >= 0.3 is 0 Å². The number of hydrogen-bond donors (Lipinski definition) is 1. The normalized spacial score (nSPS) is 10.9. The van der Waals surface area contributed by atoms with Crippen molar-refractivity contribution in [2.75, 3.05) is 27.2 Å². The molecular formula is C31H41N3O4. The summed E-state index contributed by atoms with van der Waals surface area (Å²) < 4.78 is 7.10. The first-order valence-corrected chi connectivity index (χ1v) is 13.7. The number of ether oxygens (including phenoxy) is 1. The van der Waals surface area contributed by atoms with Crippen LogP contribution in [0.1, 0.15) is 73.5 Å². The number of nitrogens with one attached hydrogen (secondary N) is 1. The summed E-state index contributed by atoms with van der Waals surface area (Å²) in [5.41, 5.74) is 2.93. The van der Waals surface area contributed by atoms with Crippen LogP contribution in [-0.4, -0.2) is 54.4 Å². The summed E-state index contributed by atoms with van der Waals surface area (Å²) in [6.45, 7) is 5.43. The van der Waals surface area contributed by atoms with Gasteiger partial charge in [0.15, 0.2) is 0 Å². The lowest BCUT2D eigenvalue weighted by atomic mass is 10.1. The topological polar surface area (TPSA) is 80.6 Å². The maximum atomic E-state index is 13.4. The Kier molecular flexibility index (Phi) is 10.9. The molecule has 0 bridgehead atoms. The van der Waals surface area contributed by atoms with E-state index in [-0.39, 0.29) is 24.1 Å². The molecule has 3 rings (SSSR count). The number of fused-ring (bicyclic) bond motifs is 1. The SMILES string of the molecule is CCCCN(C)C(=O)CCCCCCNC(=O)Cc1c(C)n(C(=O)c2ccccc2)c2ccc(OC)cc12. The zero-order valence-corrected chi connectivity index (χ0v) is 23.2. The van der Waals surface area contributed by atoms with Crippen molar-refractivity contribution >= 4 is 28.6 Å². The van der Waals surface area contributed by atoms with Crippen molar-refractivity contribution in [3.63, 3.8) is 0 Å². The lowest BCUT2D eigenvalue weighted by molar-refractivity contribution is -0.130. The minimum absolute atomic E-state index is 0.0742. The lowest BCUT2D eigenvalue weighted by Gasteiger charge is -2.16. The lowest BCUT2D eigenvalue weighted by Crippen LogP contribution is -2.27. The van der Waals surface area contributed by atoms with Gasteiger partial charge < -0.3 is 15.0 Å². The Morgan fingerprint density at radius 2 is 1.71 bits per heavy atom. The number of hydrogen-bond acceptors (Lipinski definition) is 4. The summed E-state index contributed by atoms with van der Waals surface area (Å²) in [4.78, 5) is 40.2. The van der Waals surface area contributed by atoms with E-state index in [1.165, 1.54) is 0 Å². The average Bonchev–Trinajstić information content (AvgIpc) is 3.20. The monoisotopic (exact) mass is 519 g/mol. The maximum Gasteiger partial charge on any atom is 0.262 e. The second-order valence-electron chi connectivity index (χ2n) is 9.81. The van der Waals surface area contributed by atoms with E-state index < -0.39 is 0 Å². The van der Waals surface area contributed by atoms with Crippen molar-refractivity contribution in [3.05, 3.63) is 65.4 Å². The number of nitrogens with zero attached hydrogens (tertiary/aromatic N) is 2. The average molecular weight is 520 g/mol. The van der Waals surface area contributed by atoms with E-state index in [9.17, 15) is 14.4 Å². The summed E-state index contributed by atoms with van der Waals surface area (Å²) in [6.07, 6.45) is 6.57. The Hall–Kier alpha value is -3.61. The molecule has 38 heavy (non-hydrogen) atoms. The second kappa shape index (κ2) is 14.4. The summed E-state index contributed by atoms with van der Waals surface area (Å²) >= 11 is 0. The molecule has 3 aromatic rings. The largest absolute Gasteiger partial charge is 0.497 e. The van der Waals surface area contributed by atoms with Gasteiger partial charge in [0.05, 0.1) is 19.0 Å². The first-order valence-electron chi connectivity index (χ1n) is 13.7. The highest BCUT2D eigenvalue weighted by atomic mass is 16.5. The summed E-state index contributed by atoms with van der Waals surface area (Å²) in [5, 5.41) is 3.87. The number of aromatic nitrogens is 1. The number of carbonyl (C=O) groups is 3. The van der Waals surface area contributed by atoms with Crippen molar-refractivity contribution in [2.24, 2.45) is 0 Å². The molecule has 2 amide bonds. The third-order valence-corrected chi connectivity index (χ3v) is 7.02. The minimum atomic E-state index is -0.125. The van der Waals surface area contributed by atoms with Crippen molar-refractivity contribution in [1.82, 2.24) is 14.8 Å². The fraction of sp³-hybridized carbons (Fsp3) is 0.452. The molecule has 0 aliphatic rings. The number of benzene rings is 2. The van der Waals surface area contributed by atoms with Gasteiger partial charge in [-0.15, -0.1) is 0 Å². The quantitative estimate of drug-likeness (QED) is 0.285. The van der Waals surface area contributed by atoms with Crippen LogP contribution in [0.15, 0.2) is 48.5 Å². The molecule has 7 nitrogen and oxygen atoms in total. The fourth-order valence-corrected chi connectivity index (χ4v) is 4.70. The van der Waals surface area contributed by atoms with Crippen LogP contribution in [0, 0.1) is 6.92 Å².